The van der Waals surface area contributed by atoms with Crippen LogP contribution in [-0.2, 0) is 11.3 Å². The highest BCUT2D eigenvalue weighted by Gasteiger charge is 2.10. The Hall–Kier alpha value is -0.580. The molecule has 0 saturated carbocycles. The van der Waals surface area contributed by atoms with E-state index in [-0.39, 0.29) is 5.60 Å². The Morgan fingerprint density at radius 2 is 1.90 bits per heavy atom. The van der Waals surface area contributed by atoms with Crippen LogP contribution in [0.25, 0.3) is 0 Å². The second-order valence-electron chi connectivity index (χ2n) is 6.11. The zero-order valence-electron chi connectivity index (χ0n) is 13.1. The van der Waals surface area contributed by atoms with Crippen molar-refractivity contribution in [2.75, 3.05) is 13.2 Å². The number of rotatable bonds is 7. The minimum atomic E-state index is -0.118. The van der Waals surface area contributed by atoms with E-state index >= 15 is 0 Å². The molecule has 1 rings (SSSR count). The Balaban J connectivity index is 2.43. The Labute approximate surface area is 131 Å². The van der Waals surface area contributed by atoms with E-state index in [9.17, 15) is 0 Å². The molecule has 1 N–H and O–H groups in total. The lowest BCUT2D eigenvalue weighted by atomic mass is 10.2. The topological polar surface area (TPSA) is 30.5 Å². The number of hydrogen-bond acceptors (Lipinski definition) is 3. The van der Waals surface area contributed by atoms with Gasteiger partial charge in [-0.15, -0.1) is 0 Å². The van der Waals surface area contributed by atoms with Crippen molar-refractivity contribution >= 4 is 15.9 Å². The summed E-state index contributed by atoms with van der Waals surface area (Å²) in [5, 5.41) is 3.40. The quantitative estimate of drug-likeness (QED) is 0.754. The molecule has 114 valence electrons. The Kier molecular flexibility index (Phi) is 7.00. The molecule has 0 aromatic heterocycles. The van der Waals surface area contributed by atoms with Gasteiger partial charge in [0.2, 0.25) is 0 Å². The van der Waals surface area contributed by atoms with Gasteiger partial charge < -0.3 is 14.8 Å². The fourth-order valence-electron chi connectivity index (χ4n) is 1.59. The molecule has 20 heavy (non-hydrogen) atoms. The highest BCUT2D eigenvalue weighted by Crippen LogP contribution is 2.26. The molecule has 0 spiro atoms. The lowest BCUT2D eigenvalue weighted by Gasteiger charge is -2.19. The molecule has 0 unspecified atom stereocenters. The standard InChI is InChI=1S/C16H26BrNO2/c1-12(2)18-11-13-6-7-15(14(17)10-13)19-8-9-20-16(3,4)5/h6-7,10,12,18H,8-9,11H2,1-5H3. The minimum absolute atomic E-state index is 0.118. The molecule has 0 aliphatic rings. The highest BCUT2D eigenvalue weighted by molar-refractivity contribution is 9.10. The number of hydrogen-bond donors (Lipinski definition) is 1. The Bertz CT molecular complexity index is 413. The van der Waals surface area contributed by atoms with E-state index in [0.29, 0.717) is 19.3 Å². The van der Waals surface area contributed by atoms with Gasteiger partial charge in [0.05, 0.1) is 16.7 Å². The van der Waals surface area contributed by atoms with E-state index in [4.69, 9.17) is 9.47 Å². The second kappa shape index (κ2) is 8.01. The van der Waals surface area contributed by atoms with Crippen molar-refractivity contribution in [1.29, 1.82) is 0 Å². The van der Waals surface area contributed by atoms with Gasteiger partial charge in [0.1, 0.15) is 12.4 Å². The predicted octanol–water partition coefficient (Wildman–Crippen LogP) is 4.14. The van der Waals surface area contributed by atoms with Crippen molar-refractivity contribution in [3.63, 3.8) is 0 Å². The van der Waals surface area contributed by atoms with Gasteiger partial charge in [0.15, 0.2) is 0 Å². The molecule has 3 nitrogen and oxygen atoms in total. The number of ether oxygens (including phenoxy) is 2. The summed E-state index contributed by atoms with van der Waals surface area (Å²) in [7, 11) is 0. The summed E-state index contributed by atoms with van der Waals surface area (Å²) in [6.07, 6.45) is 0. The van der Waals surface area contributed by atoms with Crippen molar-refractivity contribution in [2.45, 2.75) is 52.8 Å². The van der Waals surface area contributed by atoms with Gasteiger partial charge in [-0.05, 0) is 54.4 Å². The van der Waals surface area contributed by atoms with Crippen LogP contribution >= 0.6 is 15.9 Å². The van der Waals surface area contributed by atoms with Gasteiger partial charge in [-0.2, -0.15) is 0 Å². The van der Waals surface area contributed by atoms with Crippen molar-refractivity contribution in [3.8, 4) is 5.75 Å². The predicted molar refractivity (Wildman–Crippen MR) is 87.3 cm³/mol. The second-order valence-corrected chi connectivity index (χ2v) is 6.96. The van der Waals surface area contributed by atoms with Crippen molar-refractivity contribution in [1.82, 2.24) is 5.32 Å². The lowest BCUT2D eigenvalue weighted by Crippen LogP contribution is -2.22. The highest BCUT2D eigenvalue weighted by atomic mass is 79.9. The lowest BCUT2D eigenvalue weighted by molar-refractivity contribution is -0.0163. The summed E-state index contributed by atoms with van der Waals surface area (Å²) >= 11 is 3.55. The maximum absolute atomic E-state index is 5.72. The molecular weight excluding hydrogens is 318 g/mol. The van der Waals surface area contributed by atoms with Crippen LogP contribution in [0, 0.1) is 0 Å². The van der Waals surface area contributed by atoms with Crippen LogP contribution in [0.4, 0.5) is 0 Å². The van der Waals surface area contributed by atoms with E-state index in [1.165, 1.54) is 5.56 Å². The molecule has 0 radical (unpaired) electrons. The molecule has 4 heteroatoms. The third kappa shape index (κ3) is 7.27. The summed E-state index contributed by atoms with van der Waals surface area (Å²) in [6, 6.07) is 6.66. The van der Waals surface area contributed by atoms with Gasteiger partial charge in [-0.1, -0.05) is 19.9 Å². The Morgan fingerprint density at radius 1 is 1.20 bits per heavy atom. The summed E-state index contributed by atoms with van der Waals surface area (Å²) in [5.74, 6) is 0.857. The van der Waals surface area contributed by atoms with E-state index < -0.39 is 0 Å². The molecule has 1 aromatic carbocycles. The van der Waals surface area contributed by atoms with Crippen molar-refractivity contribution in [3.05, 3.63) is 28.2 Å². The van der Waals surface area contributed by atoms with E-state index in [0.717, 1.165) is 16.8 Å². The molecule has 0 aliphatic heterocycles. The first kappa shape index (κ1) is 17.5. The molecule has 0 amide bonds. The fraction of sp³-hybridized carbons (Fsp3) is 0.625. The summed E-state index contributed by atoms with van der Waals surface area (Å²) in [6.45, 7) is 12.4. The van der Waals surface area contributed by atoms with Crippen LogP contribution in [0.5, 0.6) is 5.75 Å². The third-order valence-corrected chi connectivity index (χ3v) is 3.21. The van der Waals surface area contributed by atoms with Crippen LogP contribution in [0.3, 0.4) is 0 Å². The molecule has 0 saturated heterocycles. The zero-order chi connectivity index (χ0) is 15.2. The van der Waals surface area contributed by atoms with Crippen molar-refractivity contribution in [2.24, 2.45) is 0 Å². The van der Waals surface area contributed by atoms with Crippen LogP contribution in [0.2, 0.25) is 0 Å². The summed E-state index contributed by atoms with van der Waals surface area (Å²) in [4.78, 5) is 0. The van der Waals surface area contributed by atoms with Crippen LogP contribution in [0.1, 0.15) is 40.2 Å². The normalized spacial score (nSPS) is 11.9. The smallest absolute Gasteiger partial charge is 0.133 e. The van der Waals surface area contributed by atoms with E-state index in [1.54, 1.807) is 0 Å². The molecule has 0 heterocycles. The summed E-state index contributed by atoms with van der Waals surface area (Å²) < 4.78 is 12.3. The largest absolute Gasteiger partial charge is 0.490 e. The molecule has 0 fully saturated rings. The molecule has 1 aromatic rings. The number of benzene rings is 1. The monoisotopic (exact) mass is 343 g/mol. The van der Waals surface area contributed by atoms with Gasteiger partial charge in [-0.25, -0.2) is 0 Å². The maximum atomic E-state index is 5.72. The molecular formula is C16H26BrNO2. The molecule has 0 aliphatic carbocycles. The van der Waals surface area contributed by atoms with Gasteiger partial charge >= 0.3 is 0 Å². The van der Waals surface area contributed by atoms with Crippen LogP contribution in [-0.4, -0.2) is 24.9 Å². The SMILES string of the molecule is CC(C)NCc1ccc(OCCOC(C)(C)C)c(Br)c1. The first-order valence-electron chi connectivity index (χ1n) is 7.06. The first-order valence-corrected chi connectivity index (χ1v) is 7.86. The summed E-state index contributed by atoms with van der Waals surface area (Å²) in [5.41, 5.74) is 1.12. The van der Waals surface area contributed by atoms with Gasteiger partial charge in [-0.3, -0.25) is 0 Å². The van der Waals surface area contributed by atoms with Crippen LogP contribution in [0.15, 0.2) is 22.7 Å². The molecule has 0 bridgehead atoms. The minimum Gasteiger partial charge on any atom is -0.490 e. The van der Waals surface area contributed by atoms with Crippen molar-refractivity contribution < 1.29 is 9.47 Å². The van der Waals surface area contributed by atoms with E-state index in [1.807, 2.05) is 26.8 Å². The Morgan fingerprint density at radius 3 is 2.45 bits per heavy atom. The average Bonchev–Trinajstić information content (AvgIpc) is 2.32. The third-order valence-electron chi connectivity index (χ3n) is 2.59. The van der Waals surface area contributed by atoms with Gasteiger partial charge in [0.25, 0.3) is 0 Å². The van der Waals surface area contributed by atoms with E-state index in [2.05, 4.69) is 47.2 Å². The van der Waals surface area contributed by atoms with Gasteiger partial charge in [0, 0.05) is 12.6 Å². The number of nitrogens with one attached hydrogen (secondary N) is 1. The van der Waals surface area contributed by atoms with Crippen LogP contribution < -0.4 is 10.1 Å². The maximum Gasteiger partial charge on any atom is 0.133 e. The zero-order valence-corrected chi connectivity index (χ0v) is 14.7. The fourth-order valence-corrected chi connectivity index (χ4v) is 2.13. The average molecular weight is 344 g/mol. The first-order chi connectivity index (χ1) is 9.28. The molecule has 0 atom stereocenters. The number of halogens is 1.